The van der Waals surface area contributed by atoms with Gasteiger partial charge in [-0.3, -0.25) is 9.48 Å². The average Bonchev–Trinajstić information content (AvgIpc) is 3.03. The summed E-state index contributed by atoms with van der Waals surface area (Å²) in [4.78, 5) is 14.3. The topological polar surface area (TPSA) is 47.4 Å². The molecule has 3 aromatic rings. The molecule has 1 amide bonds. The van der Waals surface area contributed by atoms with Gasteiger partial charge in [-0.2, -0.15) is 5.10 Å². The molecule has 0 radical (unpaired) electrons. The van der Waals surface area contributed by atoms with Crippen LogP contribution in [0.25, 0.3) is 11.3 Å². The van der Waals surface area contributed by atoms with E-state index in [0.717, 1.165) is 5.56 Å². The number of aryl methyl sites for hydroxylation is 1. The predicted molar refractivity (Wildman–Crippen MR) is 97.4 cm³/mol. The van der Waals surface area contributed by atoms with Crippen molar-refractivity contribution >= 4 is 5.91 Å². The Bertz CT molecular complexity index is 922. The molecule has 0 unspecified atom stereocenters. The Kier molecular flexibility index (Phi) is 5.02. The number of carbonyl (C=O) groups excluding carboxylic acids is 1. The molecule has 0 saturated heterocycles. The molecule has 0 aliphatic heterocycles. The van der Waals surface area contributed by atoms with E-state index in [1.165, 1.54) is 19.2 Å². The molecular weight excluding hydrogens is 333 g/mol. The first-order valence-electron chi connectivity index (χ1n) is 8.17. The van der Waals surface area contributed by atoms with E-state index >= 15 is 0 Å². The highest BCUT2D eigenvalue weighted by atomic mass is 19.1. The molecule has 0 fully saturated rings. The van der Waals surface area contributed by atoms with Crippen LogP contribution in [0.15, 0.2) is 54.6 Å². The van der Waals surface area contributed by atoms with E-state index < -0.39 is 0 Å². The van der Waals surface area contributed by atoms with Crippen LogP contribution >= 0.6 is 0 Å². The zero-order valence-corrected chi connectivity index (χ0v) is 14.9. The van der Waals surface area contributed by atoms with Crippen molar-refractivity contribution in [3.05, 3.63) is 71.7 Å². The number of hydrogen-bond acceptors (Lipinski definition) is 3. The van der Waals surface area contributed by atoms with Crippen LogP contribution in [-0.2, 0) is 13.6 Å². The Hall–Kier alpha value is -3.15. The van der Waals surface area contributed by atoms with E-state index in [-0.39, 0.29) is 11.7 Å². The molecule has 0 aliphatic rings. The van der Waals surface area contributed by atoms with Gasteiger partial charge in [-0.25, -0.2) is 4.39 Å². The number of amides is 1. The molecule has 1 aromatic heterocycles. The van der Waals surface area contributed by atoms with Gasteiger partial charge in [0.25, 0.3) is 5.91 Å². The fraction of sp³-hybridized carbons (Fsp3) is 0.200. The molecule has 0 bridgehead atoms. The van der Waals surface area contributed by atoms with Gasteiger partial charge in [0.05, 0.1) is 12.8 Å². The fourth-order valence-corrected chi connectivity index (χ4v) is 2.83. The summed E-state index contributed by atoms with van der Waals surface area (Å²) in [5.41, 5.74) is 2.49. The third-order valence-corrected chi connectivity index (χ3v) is 4.15. The van der Waals surface area contributed by atoms with E-state index in [4.69, 9.17) is 4.74 Å². The number of rotatable bonds is 5. The maximum absolute atomic E-state index is 13.7. The SMILES string of the molecule is COc1ccc(F)cc1-c1cc(C(=O)N(C)Cc2ccccc2)nn1C. The minimum Gasteiger partial charge on any atom is -0.496 e. The maximum Gasteiger partial charge on any atom is 0.274 e. The number of carbonyl (C=O) groups is 1. The fourth-order valence-electron chi connectivity index (χ4n) is 2.83. The van der Waals surface area contributed by atoms with Crippen molar-refractivity contribution < 1.29 is 13.9 Å². The van der Waals surface area contributed by atoms with Gasteiger partial charge < -0.3 is 9.64 Å². The highest BCUT2D eigenvalue weighted by Gasteiger charge is 2.19. The highest BCUT2D eigenvalue weighted by Crippen LogP contribution is 2.31. The van der Waals surface area contributed by atoms with Gasteiger partial charge in [0, 0.05) is 26.2 Å². The van der Waals surface area contributed by atoms with Gasteiger partial charge in [0.2, 0.25) is 0 Å². The van der Waals surface area contributed by atoms with Crippen molar-refractivity contribution in [3.63, 3.8) is 0 Å². The normalized spacial score (nSPS) is 10.6. The largest absolute Gasteiger partial charge is 0.496 e. The first-order valence-corrected chi connectivity index (χ1v) is 8.17. The van der Waals surface area contributed by atoms with Crippen molar-refractivity contribution in [2.75, 3.05) is 14.2 Å². The lowest BCUT2D eigenvalue weighted by atomic mass is 10.1. The monoisotopic (exact) mass is 353 g/mol. The van der Waals surface area contributed by atoms with E-state index in [1.807, 2.05) is 30.3 Å². The Balaban J connectivity index is 1.88. The van der Waals surface area contributed by atoms with Crippen LogP contribution in [0.1, 0.15) is 16.1 Å². The lowest BCUT2D eigenvalue weighted by molar-refractivity contribution is 0.0778. The minimum atomic E-state index is -0.379. The van der Waals surface area contributed by atoms with Crippen molar-refractivity contribution in [2.45, 2.75) is 6.54 Å². The van der Waals surface area contributed by atoms with Crippen LogP contribution in [0.4, 0.5) is 4.39 Å². The van der Waals surface area contributed by atoms with Crippen LogP contribution in [0.3, 0.4) is 0 Å². The second-order valence-electron chi connectivity index (χ2n) is 6.03. The van der Waals surface area contributed by atoms with E-state index in [9.17, 15) is 9.18 Å². The first-order chi connectivity index (χ1) is 12.5. The molecule has 0 N–H and O–H groups in total. The summed E-state index contributed by atoms with van der Waals surface area (Å²) >= 11 is 0. The quantitative estimate of drug-likeness (QED) is 0.705. The molecule has 3 rings (SSSR count). The Morgan fingerprint density at radius 3 is 2.62 bits per heavy atom. The van der Waals surface area contributed by atoms with Crippen molar-refractivity contribution in [3.8, 4) is 17.0 Å². The number of ether oxygens (including phenoxy) is 1. The third kappa shape index (κ3) is 3.59. The van der Waals surface area contributed by atoms with E-state index in [1.54, 1.807) is 35.8 Å². The number of hydrogen-bond donors (Lipinski definition) is 0. The van der Waals surface area contributed by atoms with Crippen LogP contribution in [0.2, 0.25) is 0 Å². The number of halogens is 1. The summed E-state index contributed by atoms with van der Waals surface area (Å²) in [6.07, 6.45) is 0. The van der Waals surface area contributed by atoms with Crippen molar-refractivity contribution in [2.24, 2.45) is 7.05 Å². The number of aromatic nitrogens is 2. The zero-order valence-electron chi connectivity index (χ0n) is 14.9. The van der Waals surface area contributed by atoms with Crippen molar-refractivity contribution in [1.29, 1.82) is 0 Å². The van der Waals surface area contributed by atoms with Gasteiger partial charge in [-0.15, -0.1) is 0 Å². The summed E-state index contributed by atoms with van der Waals surface area (Å²) in [6.45, 7) is 0.481. The highest BCUT2D eigenvalue weighted by molar-refractivity contribution is 5.93. The average molecular weight is 353 g/mol. The molecule has 2 aromatic carbocycles. The third-order valence-electron chi connectivity index (χ3n) is 4.15. The maximum atomic E-state index is 13.7. The lowest BCUT2D eigenvalue weighted by Gasteiger charge is -2.15. The Morgan fingerprint density at radius 2 is 1.92 bits per heavy atom. The van der Waals surface area contributed by atoms with Gasteiger partial charge in [0.1, 0.15) is 11.6 Å². The van der Waals surface area contributed by atoms with Crippen LogP contribution in [-0.4, -0.2) is 34.7 Å². The molecule has 26 heavy (non-hydrogen) atoms. The molecule has 1 heterocycles. The smallest absolute Gasteiger partial charge is 0.274 e. The van der Waals surface area contributed by atoms with E-state index in [0.29, 0.717) is 29.2 Å². The van der Waals surface area contributed by atoms with Gasteiger partial charge in [-0.05, 0) is 29.8 Å². The molecule has 0 spiro atoms. The number of nitrogens with zero attached hydrogens (tertiary/aromatic N) is 3. The second kappa shape index (κ2) is 7.39. The van der Waals surface area contributed by atoms with E-state index in [2.05, 4.69) is 5.10 Å². The second-order valence-corrected chi connectivity index (χ2v) is 6.03. The lowest BCUT2D eigenvalue weighted by Crippen LogP contribution is -2.26. The predicted octanol–water partition coefficient (Wildman–Crippen LogP) is 3.51. The van der Waals surface area contributed by atoms with Crippen LogP contribution in [0.5, 0.6) is 5.75 Å². The molecule has 0 atom stereocenters. The molecule has 5 nitrogen and oxygen atoms in total. The van der Waals surface area contributed by atoms with Crippen molar-refractivity contribution in [1.82, 2.24) is 14.7 Å². The summed E-state index contributed by atoms with van der Waals surface area (Å²) < 4.78 is 20.5. The standard InChI is InChI=1S/C20H20FN3O2/c1-23(13-14-7-5-4-6-8-14)20(25)17-12-18(24(2)22-17)16-11-15(21)9-10-19(16)26-3/h4-12H,13H2,1-3H3. The summed E-state index contributed by atoms with van der Waals surface area (Å²) in [5, 5.41) is 4.30. The van der Waals surface area contributed by atoms with Crippen LogP contribution in [0, 0.1) is 5.82 Å². The zero-order chi connectivity index (χ0) is 18.7. The van der Waals surface area contributed by atoms with Crippen LogP contribution < -0.4 is 4.74 Å². The Morgan fingerprint density at radius 1 is 1.19 bits per heavy atom. The number of methoxy groups -OCH3 is 1. The summed E-state index contributed by atoms with van der Waals surface area (Å²) in [5.74, 6) is -0.0619. The summed E-state index contributed by atoms with van der Waals surface area (Å²) in [6, 6.07) is 15.6. The first kappa shape index (κ1) is 17.7. The van der Waals surface area contributed by atoms with Gasteiger partial charge in [-0.1, -0.05) is 30.3 Å². The molecule has 6 heteroatoms. The van der Waals surface area contributed by atoms with Gasteiger partial charge >= 0.3 is 0 Å². The molecule has 0 saturated carbocycles. The molecular formula is C20H20FN3O2. The molecule has 0 aliphatic carbocycles. The summed E-state index contributed by atoms with van der Waals surface area (Å²) in [7, 11) is 4.97. The van der Waals surface area contributed by atoms with Gasteiger partial charge in [0.15, 0.2) is 5.69 Å². The number of benzene rings is 2. The Labute approximate surface area is 151 Å². The minimum absolute atomic E-state index is 0.203. The molecule has 134 valence electrons.